The van der Waals surface area contributed by atoms with Crippen molar-refractivity contribution >= 4 is 21.8 Å². The van der Waals surface area contributed by atoms with Crippen LogP contribution < -0.4 is 9.47 Å². The van der Waals surface area contributed by atoms with Crippen molar-refractivity contribution in [3.05, 3.63) is 158 Å². The second kappa shape index (κ2) is 10.2. The number of rotatable bonds is 4. The van der Waals surface area contributed by atoms with Crippen LogP contribution in [0.15, 0.2) is 158 Å². The molecule has 2 aromatic heterocycles. The first-order chi connectivity index (χ1) is 22.3. The number of para-hydroxylation sites is 2. The third-order valence-corrected chi connectivity index (χ3v) is 8.45. The highest BCUT2D eigenvalue weighted by atomic mass is 16.6. The highest BCUT2D eigenvalue weighted by molar-refractivity contribution is 6.14. The van der Waals surface area contributed by atoms with Gasteiger partial charge in [-0.1, -0.05) is 109 Å². The normalized spacial score (nSPS) is 11.9. The molecule has 0 amide bonds. The van der Waals surface area contributed by atoms with Crippen LogP contribution in [0.25, 0.3) is 61.1 Å². The Morgan fingerprint density at radius 3 is 1.73 bits per heavy atom. The molecule has 0 spiro atoms. The van der Waals surface area contributed by atoms with E-state index in [0.29, 0.717) is 23.0 Å². The molecule has 0 atom stereocenters. The number of aromatic nitrogens is 2. The van der Waals surface area contributed by atoms with Crippen molar-refractivity contribution in [2.75, 3.05) is 0 Å². The second-order valence-corrected chi connectivity index (χ2v) is 11.2. The van der Waals surface area contributed by atoms with Crippen molar-refractivity contribution in [2.45, 2.75) is 0 Å². The fraction of sp³-hybridized carbons (Fsp3) is 0. The Labute approximate surface area is 260 Å². The molecule has 0 saturated heterocycles. The maximum atomic E-state index is 6.62. The van der Waals surface area contributed by atoms with Crippen LogP contribution in [-0.2, 0) is 0 Å². The van der Waals surface area contributed by atoms with Gasteiger partial charge in [0.15, 0.2) is 23.0 Å². The van der Waals surface area contributed by atoms with Gasteiger partial charge in [0.1, 0.15) is 5.82 Å². The highest BCUT2D eigenvalue weighted by Gasteiger charge is 2.26. The number of hydrogen-bond acceptors (Lipinski definition) is 3. The number of fused-ring (bicyclic) bond motifs is 6. The largest absolute Gasteiger partial charge is 0.449 e. The standard InChI is InChI=1S/C41H26N2O2/c1-4-12-27(13-5-1)30-20-21-34-32(24-30)40-35(22-23-38-41(40)45-37-19-11-10-18-36(37)44-38)43(34)39-26-31(28-14-6-2-7-15-28)25-33(42-39)29-16-8-3-9-17-29/h1-26H. The fourth-order valence-electron chi connectivity index (χ4n) is 6.33. The molecule has 212 valence electrons. The van der Waals surface area contributed by atoms with Gasteiger partial charge in [-0.25, -0.2) is 4.98 Å². The van der Waals surface area contributed by atoms with Crippen LogP contribution in [0.1, 0.15) is 0 Å². The molecule has 0 radical (unpaired) electrons. The fourth-order valence-corrected chi connectivity index (χ4v) is 6.33. The topological polar surface area (TPSA) is 36.3 Å². The maximum Gasteiger partial charge on any atom is 0.180 e. The van der Waals surface area contributed by atoms with Crippen molar-refractivity contribution in [3.63, 3.8) is 0 Å². The molecule has 9 rings (SSSR count). The molecule has 0 saturated carbocycles. The molecule has 4 heteroatoms. The van der Waals surface area contributed by atoms with Gasteiger partial charge < -0.3 is 9.47 Å². The monoisotopic (exact) mass is 578 g/mol. The van der Waals surface area contributed by atoms with Gasteiger partial charge in [-0.05, 0) is 70.8 Å². The molecule has 0 N–H and O–H groups in total. The Hall–Kier alpha value is -6.13. The van der Waals surface area contributed by atoms with E-state index >= 15 is 0 Å². The molecule has 45 heavy (non-hydrogen) atoms. The number of ether oxygens (including phenoxy) is 2. The van der Waals surface area contributed by atoms with Crippen LogP contribution in [0.5, 0.6) is 23.0 Å². The Morgan fingerprint density at radius 1 is 0.422 bits per heavy atom. The molecular weight excluding hydrogens is 552 g/mol. The van der Waals surface area contributed by atoms with Crippen molar-refractivity contribution in [2.24, 2.45) is 0 Å². The van der Waals surface area contributed by atoms with Crippen LogP contribution in [0.3, 0.4) is 0 Å². The number of pyridine rings is 1. The Balaban J connectivity index is 1.35. The molecule has 1 aliphatic rings. The summed E-state index contributed by atoms with van der Waals surface area (Å²) in [5.74, 6) is 3.65. The van der Waals surface area contributed by atoms with E-state index < -0.39 is 0 Å². The van der Waals surface area contributed by atoms with Crippen LogP contribution in [0, 0.1) is 0 Å². The molecule has 8 aromatic rings. The van der Waals surface area contributed by atoms with Crippen molar-refractivity contribution in [1.29, 1.82) is 0 Å². The molecule has 0 fully saturated rings. The lowest BCUT2D eigenvalue weighted by Gasteiger charge is -2.21. The lowest BCUT2D eigenvalue weighted by atomic mass is 10.0. The third kappa shape index (κ3) is 4.27. The lowest BCUT2D eigenvalue weighted by Crippen LogP contribution is -2.01. The highest BCUT2D eigenvalue weighted by Crippen LogP contribution is 2.51. The number of nitrogens with zero attached hydrogens (tertiary/aromatic N) is 2. The second-order valence-electron chi connectivity index (χ2n) is 11.2. The maximum absolute atomic E-state index is 6.62. The van der Waals surface area contributed by atoms with Gasteiger partial charge in [0, 0.05) is 10.9 Å². The van der Waals surface area contributed by atoms with Crippen LogP contribution in [-0.4, -0.2) is 9.55 Å². The van der Waals surface area contributed by atoms with E-state index in [-0.39, 0.29) is 0 Å². The summed E-state index contributed by atoms with van der Waals surface area (Å²) in [5.41, 5.74) is 8.53. The lowest BCUT2D eigenvalue weighted by molar-refractivity contribution is 0.363. The quantitative estimate of drug-likeness (QED) is 0.208. The van der Waals surface area contributed by atoms with E-state index in [1.165, 1.54) is 0 Å². The first-order valence-electron chi connectivity index (χ1n) is 15.0. The van der Waals surface area contributed by atoms with Gasteiger partial charge in [-0.15, -0.1) is 0 Å². The average Bonchev–Trinajstić information content (AvgIpc) is 3.46. The predicted molar refractivity (Wildman–Crippen MR) is 181 cm³/mol. The van der Waals surface area contributed by atoms with Gasteiger partial charge >= 0.3 is 0 Å². The molecule has 3 heterocycles. The van der Waals surface area contributed by atoms with Crippen molar-refractivity contribution in [1.82, 2.24) is 9.55 Å². The molecule has 0 aliphatic carbocycles. The summed E-state index contributed by atoms with van der Waals surface area (Å²) in [4.78, 5) is 5.29. The number of benzene rings is 6. The molecule has 0 bridgehead atoms. The van der Waals surface area contributed by atoms with Crippen molar-refractivity contribution in [3.8, 4) is 62.3 Å². The smallest absolute Gasteiger partial charge is 0.180 e. The van der Waals surface area contributed by atoms with E-state index in [1.54, 1.807) is 0 Å². The van der Waals surface area contributed by atoms with Crippen LogP contribution >= 0.6 is 0 Å². The first kappa shape index (κ1) is 25.4. The van der Waals surface area contributed by atoms with Crippen LogP contribution in [0.4, 0.5) is 0 Å². The zero-order valence-electron chi connectivity index (χ0n) is 24.2. The van der Waals surface area contributed by atoms with E-state index in [0.717, 1.165) is 61.1 Å². The molecule has 6 aromatic carbocycles. The summed E-state index contributed by atoms with van der Waals surface area (Å²) in [5, 5.41) is 2.06. The van der Waals surface area contributed by atoms with E-state index in [2.05, 4.69) is 114 Å². The molecule has 1 aliphatic heterocycles. The van der Waals surface area contributed by atoms with E-state index in [1.807, 2.05) is 48.5 Å². The summed E-state index contributed by atoms with van der Waals surface area (Å²) >= 11 is 0. The van der Waals surface area contributed by atoms with Crippen molar-refractivity contribution < 1.29 is 9.47 Å². The minimum atomic E-state index is 0.696. The summed E-state index contributed by atoms with van der Waals surface area (Å²) in [6.45, 7) is 0. The zero-order valence-corrected chi connectivity index (χ0v) is 24.2. The number of hydrogen-bond donors (Lipinski definition) is 0. The van der Waals surface area contributed by atoms with Gasteiger partial charge in [0.2, 0.25) is 0 Å². The average molecular weight is 579 g/mol. The molecule has 0 unspecified atom stereocenters. The first-order valence-corrected chi connectivity index (χ1v) is 15.0. The predicted octanol–water partition coefficient (Wildman–Crippen LogP) is 11.1. The minimum absolute atomic E-state index is 0.696. The summed E-state index contributed by atoms with van der Waals surface area (Å²) in [6, 6.07) is 54.2. The van der Waals surface area contributed by atoms with Gasteiger partial charge in [-0.3, -0.25) is 4.57 Å². The molecular formula is C41H26N2O2. The molecule has 4 nitrogen and oxygen atoms in total. The zero-order chi connectivity index (χ0) is 29.7. The third-order valence-electron chi connectivity index (χ3n) is 8.45. The Kier molecular flexibility index (Phi) is 5.78. The summed E-state index contributed by atoms with van der Waals surface area (Å²) in [7, 11) is 0. The van der Waals surface area contributed by atoms with E-state index in [4.69, 9.17) is 14.5 Å². The van der Waals surface area contributed by atoms with E-state index in [9.17, 15) is 0 Å². The SMILES string of the molecule is c1ccc(-c2cc(-c3ccccc3)nc(-n3c4ccc(-c5ccccc5)cc4c4c5c(ccc43)Oc3ccccc3O5)c2)cc1. The Bertz CT molecular complexity index is 2300. The summed E-state index contributed by atoms with van der Waals surface area (Å²) < 4.78 is 15.2. The van der Waals surface area contributed by atoms with Gasteiger partial charge in [0.25, 0.3) is 0 Å². The van der Waals surface area contributed by atoms with Crippen LogP contribution in [0.2, 0.25) is 0 Å². The van der Waals surface area contributed by atoms with Gasteiger partial charge in [-0.2, -0.15) is 0 Å². The van der Waals surface area contributed by atoms with Gasteiger partial charge in [0.05, 0.1) is 22.1 Å². The summed E-state index contributed by atoms with van der Waals surface area (Å²) in [6.07, 6.45) is 0. The Morgan fingerprint density at radius 2 is 1.02 bits per heavy atom. The minimum Gasteiger partial charge on any atom is -0.449 e.